The number of ketones is 1. The first-order valence-corrected chi connectivity index (χ1v) is 8.47. The number of ether oxygens (including phenoxy) is 1. The summed E-state index contributed by atoms with van der Waals surface area (Å²) in [5.74, 6) is -0.488. The number of hydrogen-bond donors (Lipinski definition) is 1. The molecular formula is C20H18N4O3. The molecule has 1 N–H and O–H groups in total. The van der Waals surface area contributed by atoms with Crippen LogP contribution in [0.15, 0.2) is 65.9 Å². The molecule has 3 rings (SSSR count). The highest BCUT2D eigenvalue weighted by Crippen LogP contribution is 2.19. The number of aromatic nitrogens is 2. The van der Waals surface area contributed by atoms with Gasteiger partial charge in [0.2, 0.25) is 0 Å². The molecule has 0 unspecified atom stereocenters. The van der Waals surface area contributed by atoms with Crippen molar-refractivity contribution >= 4 is 34.1 Å². The molecule has 0 aliphatic heterocycles. The fraction of sp³-hybridized carbons (Fsp3) is 0.150. The number of hydrogen-bond acceptors (Lipinski definition) is 7. The van der Waals surface area contributed by atoms with Crippen molar-refractivity contribution in [2.75, 3.05) is 12.0 Å². The van der Waals surface area contributed by atoms with Crippen molar-refractivity contribution in [3.8, 4) is 0 Å². The first-order valence-electron chi connectivity index (χ1n) is 8.47. The number of hydrazone groups is 1. The van der Waals surface area contributed by atoms with Crippen LogP contribution in [-0.2, 0) is 9.53 Å². The molecule has 0 atom stereocenters. The minimum atomic E-state index is -0.650. The molecule has 0 aliphatic rings. The number of carbonyl (C=O) groups is 2. The first-order chi connectivity index (χ1) is 13.2. The van der Waals surface area contributed by atoms with E-state index in [0.717, 1.165) is 10.8 Å². The maximum atomic E-state index is 12.4. The van der Waals surface area contributed by atoms with Crippen LogP contribution < -0.4 is 5.43 Å². The van der Waals surface area contributed by atoms with E-state index < -0.39 is 5.97 Å². The number of Topliss-reactive ketones (excluding diaryl/α,β-unsaturated/α-hetero) is 1. The standard InChI is InChI=1S/C20H18N4O3/c1-2-27-20(26)17(12-18(25)14-8-4-3-5-9-14)22-24-19-16-11-7-6-10-15(16)13-21-23-19/h3-11,13H,2,12H2,1H3,(H,23,24)/b22-17-. The van der Waals surface area contributed by atoms with Gasteiger partial charge < -0.3 is 4.74 Å². The summed E-state index contributed by atoms with van der Waals surface area (Å²) < 4.78 is 5.02. The van der Waals surface area contributed by atoms with Gasteiger partial charge in [-0.15, -0.1) is 5.10 Å². The molecule has 3 aromatic rings. The van der Waals surface area contributed by atoms with Crippen LogP contribution in [0.1, 0.15) is 23.7 Å². The Hall–Kier alpha value is -3.61. The van der Waals surface area contributed by atoms with Gasteiger partial charge in [0.15, 0.2) is 17.3 Å². The smallest absolute Gasteiger partial charge is 0.354 e. The van der Waals surface area contributed by atoms with Gasteiger partial charge in [0, 0.05) is 16.3 Å². The second-order valence-electron chi connectivity index (χ2n) is 5.64. The number of rotatable bonds is 7. The lowest BCUT2D eigenvalue weighted by Crippen LogP contribution is -2.22. The summed E-state index contributed by atoms with van der Waals surface area (Å²) in [6.45, 7) is 1.88. The van der Waals surface area contributed by atoms with Crippen molar-refractivity contribution in [1.82, 2.24) is 10.2 Å². The molecule has 0 saturated heterocycles. The molecule has 0 aliphatic carbocycles. The Morgan fingerprint density at radius 2 is 1.81 bits per heavy atom. The minimum Gasteiger partial charge on any atom is -0.461 e. The average Bonchev–Trinajstić information content (AvgIpc) is 2.71. The second kappa shape index (κ2) is 8.66. The lowest BCUT2D eigenvalue weighted by Gasteiger charge is -2.08. The van der Waals surface area contributed by atoms with Crippen LogP contribution in [0, 0.1) is 0 Å². The molecule has 7 heteroatoms. The van der Waals surface area contributed by atoms with E-state index in [2.05, 4.69) is 20.7 Å². The van der Waals surface area contributed by atoms with Gasteiger partial charge >= 0.3 is 5.97 Å². The molecular weight excluding hydrogens is 344 g/mol. The number of fused-ring (bicyclic) bond motifs is 1. The Kier molecular flexibility index (Phi) is 5.84. The SMILES string of the molecule is CCOC(=O)/C(CC(=O)c1ccccc1)=N\Nc1nncc2ccccc12. The van der Waals surface area contributed by atoms with E-state index in [1.165, 1.54) is 0 Å². The van der Waals surface area contributed by atoms with Gasteiger partial charge in [-0.25, -0.2) is 4.79 Å². The Labute approximate surface area is 156 Å². The summed E-state index contributed by atoms with van der Waals surface area (Å²) in [7, 11) is 0. The van der Waals surface area contributed by atoms with E-state index in [1.54, 1.807) is 37.4 Å². The summed E-state index contributed by atoms with van der Waals surface area (Å²) in [5, 5.41) is 13.7. The highest BCUT2D eigenvalue weighted by molar-refractivity contribution is 6.40. The number of nitrogens with zero attached hydrogens (tertiary/aromatic N) is 3. The zero-order chi connectivity index (χ0) is 19.1. The van der Waals surface area contributed by atoms with Gasteiger partial charge in [-0.3, -0.25) is 10.2 Å². The molecule has 2 aromatic carbocycles. The predicted molar refractivity (Wildman–Crippen MR) is 103 cm³/mol. The third kappa shape index (κ3) is 4.52. The van der Waals surface area contributed by atoms with E-state index in [-0.39, 0.29) is 24.5 Å². The van der Waals surface area contributed by atoms with Gasteiger partial charge in [-0.2, -0.15) is 10.2 Å². The van der Waals surface area contributed by atoms with Gasteiger partial charge in [0.25, 0.3) is 0 Å². The van der Waals surface area contributed by atoms with Crippen molar-refractivity contribution in [2.24, 2.45) is 5.10 Å². The van der Waals surface area contributed by atoms with E-state index in [1.807, 2.05) is 30.3 Å². The zero-order valence-electron chi connectivity index (χ0n) is 14.8. The first kappa shape index (κ1) is 18.2. The number of benzene rings is 2. The van der Waals surface area contributed by atoms with E-state index in [9.17, 15) is 9.59 Å². The largest absolute Gasteiger partial charge is 0.461 e. The predicted octanol–water partition coefficient (Wildman–Crippen LogP) is 3.23. The van der Waals surface area contributed by atoms with Crippen LogP contribution in [0.5, 0.6) is 0 Å². The van der Waals surface area contributed by atoms with Crippen molar-refractivity contribution < 1.29 is 14.3 Å². The van der Waals surface area contributed by atoms with Crippen LogP contribution >= 0.6 is 0 Å². The fourth-order valence-electron chi connectivity index (χ4n) is 2.48. The zero-order valence-corrected chi connectivity index (χ0v) is 14.8. The number of nitrogens with one attached hydrogen (secondary N) is 1. The molecule has 0 radical (unpaired) electrons. The number of carbonyl (C=O) groups excluding carboxylic acids is 2. The molecule has 1 heterocycles. The summed E-state index contributed by atoms with van der Waals surface area (Å²) >= 11 is 0. The molecule has 0 spiro atoms. The van der Waals surface area contributed by atoms with Crippen LogP contribution in [0.4, 0.5) is 5.82 Å². The Morgan fingerprint density at radius 3 is 2.59 bits per heavy atom. The highest BCUT2D eigenvalue weighted by atomic mass is 16.5. The topological polar surface area (TPSA) is 93.5 Å². The van der Waals surface area contributed by atoms with Crippen molar-refractivity contribution in [3.63, 3.8) is 0 Å². The molecule has 136 valence electrons. The van der Waals surface area contributed by atoms with Crippen LogP contribution in [0.2, 0.25) is 0 Å². The van der Waals surface area contributed by atoms with Crippen LogP contribution in [0.3, 0.4) is 0 Å². The Balaban J connectivity index is 1.86. The van der Waals surface area contributed by atoms with Crippen molar-refractivity contribution in [3.05, 3.63) is 66.4 Å². The second-order valence-corrected chi connectivity index (χ2v) is 5.64. The van der Waals surface area contributed by atoms with E-state index in [4.69, 9.17) is 4.74 Å². The van der Waals surface area contributed by atoms with E-state index >= 15 is 0 Å². The molecule has 1 aromatic heterocycles. The molecule has 0 bridgehead atoms. The molecule has 27 heavy (non-hydrogen) atoms. The van der Waals surface area contributed by atoms with E-state index in [0.29, 0.717) is 11.4 Å². The summed E-state index contributed by atoms with van der Waals surface area (Å²) in [6, 6.07) is 16.2. The maximum absolute atomic E-state index is 12.4. The summed E-state index contributed by atoms with van der Waals surface area (Å²) in [5.41, 5.74) is 3.22. The van der Waals surface area contributed by atoms with Gasteiger partial charge in [-0.1, -0.05) is 54.6 Å². The van der Waals surface area contributed by atoms with Gasteiger partial charge in [0.05, 0.1) is 19.2 Å². The van der Waals surface area contributed by atoms with Gasteiger partial charge in [0.1, 0.15) is 0 Å². The lowest BCUT2D eigenvalue weighted by atomic mass is 10.1. The third-order valence-electron chi connectivity index (χ3n) is 3.80. The number of anilines is 1. The van der Waals surface area contributed by atoms with Crippen molar-refractivity contribution in [1.29, 1.82) is 0 Å². The third-order valence-corrected chi connectivity index (χ3v) is 3.80. The molecule has 0 amide bonds. The quantitative estimate of drug-likeness (QED) is 0.300. The fourth-order valence-corrected chi connectivity index (χ4v) is 2.48. The van der Waals surface area contributed by atoms with Gasteiger partial charge in [-0.05, 0) is 6.92 Å². The average molecular weight is 362 g/mol. The van der Waals surface area contributed by atoms with Crippen molar-refractivity contribution in [2.45, 2.75) is 13.3 Å². The minimum absolute atomic E-state index is 0.0274. The lowest BCUT2D eigenvalue weighted by molar-refractivity contribution is -0.135. The molecule has 7 nitrogen and oxygen atoms in total. The summed E-state index contributed by atoms with van der Waals surface area (Å²) in [4.78, 5) is 24.7. The highest BCUT2D eigenvalue weighted by Gasteiger charge is 2.19. The molecule has 0 saturated carbocycles. The maximum Gasteiger partial charge on any atom is 0.354 e. The summed E-state index contributed by atoms with van der Waals surface area (Å²) in [6.07, 6.45) is 1.45. The normalized spacial score (nSPS) is 11.2. The Bertz CT molecular complexity index is 981. The monoisotopic (exact) mass is 362 g/mol. The Morgan fingerprint density at radius 1 is 1.07 bits per heavy atom. The number of esters is 1. The van der Waals surface area contributed by atoms with Crippen LogP contribution in [0.25, 0.3) is 10.8 Å². The molecule has 0 fully saturated rings. The van der Waals surface area contributed by atoms with Crippen LogP contribution in [-0.4, -0.2) is 34.3 Å².